The Bertz CT molecular complexity index is 816. The highest BCUT2D eigenvalue weighted by Crippen LogP contribution is 2.24. The topological polar surface area (TPSA) is 51.2 Å². The van der Waals surface area contributed by atoms with Gasteiger partial charge in [-0.05, 0) is 42.1 Å². The zero-order chi connectivity index (χ0) is 16.8. The van der Waals surface area contributed by atoms with Gasteiger partial charge in [0.15, 0.2) is 0 Å². The number of pyridine rings is 1. The first-order valence-corrected chi connectivity index (χ1v) is 8.63. The molecule has 0 bridgehead atoms. The minimum absolute atomic E-state index is 0.152. The van der Waals surface area contributed by atoms with Crippen LogP contribution in [0.4, 0.5) is 0 Å². The van der Waals surface area contributed by atoms with Gasteiger partial charge in [-0.1, -0.05) is 18.2 Å². The van der Waals surface area contributed by atoms with Crippen LogP contribution >= 0.6 is 11.3 Å². The highest BCUT2D eigenvalue weighted by molar-refractivity contribution is 7.13. The van der Waals surface area contributed by atoms with Crippen LogP contribution in [-0.2, 0) is 6.54 Å². The van der Waals surface area contributed by atoms with Gasteiger partial charge in [0, 0.05) is 29.4 Å². The van der Waals surface area contributed by atoms with Crippen LogP contribution in [0.1, 0.15) is 22.8 Å². The first kappa shape index (κ1) is 16.2. The summed E-state index contributed by atoms with van der Waals surface area (Å²) in [4.78, 5) is 17.9. The van der Waals surface area contributed by atoms with E-state index in [1.807, 2.05) is 42.8 Å². The van der Waals surface area contributed by atoms with Crippen molar-refractivity contribution in [2.45, 2.75) is 13.5 Å². The minimum atomic E-state index is -0.152. The molecule has 1 aromatic carbocycles. The molecule has 2 heterocycles. The van der Waals surface area contributed by atoms with Crippen molar-refractivity contribution in [1.82, 2.24) is 10.3 Å². The van der Waals surface area contributed by atoms with Gasteiger partial charge in [-0.3, -0.25) is 9.78 Å². The third-order valence-electron chi connectivity index (χ3n) is 3.49. The molecule has 122 valence electrons. The average molecular weight is 338 g/mol. The van der Waals surface area contributed by atoms with Crippen LogP contribution in [0.2, 0.25) is 0 Å². The number of carbonyl (C=O) groups excluding carboxylic acids is 1. The van der Waals surface area contributed by atoms with Crippen LogP contribution in [0.5, 0.6) is 5.75 Å². The van der Waals surface area contributed by atoms with Gasteiger partial charge in [-0.15, -0.1) is 11.3 Å². The van der Waals surface area contributed by atoms with Crippen LogP contribution in [0.3, 0.4) is 0 Å². The molecule has 4 nitrogen and oxygen atoms in total. The molecular formula is C19H18N2O2S. The normalized spacial score (nSPS) is 10.4. The number of carbonyl (C=O) groups is 1. The lowest BCUT2D eigenvalue weighted by molar-refractivity contribution is 0.0947. The molecule has 0 spiro atoms. The summed E-state index contributed by atoms with van der Waals surface area (Å²) in [6.45, 7) is 2.85. The fourth-order valence-electron chi connectivity index (χ4n) is 2.37. The largest absolute Gasteiger partial charge is 0.493 e. The van der Waals surface area contributed by atoms with Crippen LogP contribution in [0, 0.1) is 0 Å². The van der Waals surface area contributed by atoms with E-state index in [0.29, 0.717) is 24.5 Å². The quantitative estimate of drug-likeness (QED) is 0.735. The van der Waals surface area contributed by atoms with Crippen molar-refractivity contribution < 1.29 is 9.53 Å². The molecule has 0 saturated heterocycles. The molecule has 2 aromatic heterocycles. The van der Waals surface area contributed by atoms with Gasteiger partial charge < -0.3 is 10.1 Å². The number of nitrogens with one attached hydrogen (secondary N) is 1. The Morgan fingerprint density at radius 2 is 2.08 bits per heavy atom. The van der Waals surface area contributed by atoms with Crippen LogP contribution in [0.15, 0.2) is 60.2 Å². The SMILES string of the molecule is CCOc1ccccc1C(=O)NCc1cncc(-c2cccs2)c1. The Labute approximate surface area is 145 Å². The molecular weight excluding hydrogens is 320 g/mol. The van der Waals surface area contributed by atoms with Crippen LogP contribution < -0.4 is 10.1 Å². The molecule has 0 aliphatic heterocycles. The predicted molar refractivity (Wildman–Crippen MR) is 96.3 cm³/mol. The summed E-state index contributed by atoms with van der Waals surface area (Å²) in [5, 5.41) is 4.97. The number of para-hydroxylation sites is 1. The molecule has 5 heteroatoms. The summed E-state index contributed by atoms with van der Waals surface area (Å²) >= 11 is 1.67. The molecule has 0 aliphatic rings. The second-order valence-corrected chi connectivity index (χ2v) is 6.12. The third-order valence-corrected chi connectivity index (χ3v) is 4.40. The summed E-state index contributed by atoms with van der Waals surface area (Å²) < 4.78 is 5.51. The number of nitrogens with zero attached hydrogens (tertiary/aromatic N) is 1. The van der Waals surface area contributed by atoms with E-state index in [2.05, 4.69) is 16.4 Å². The Morgan fingerprint density at radius 1 is 1.21 bits per heavy atom. The van der Waals surface area contributed by atoms with Gasteiger partial charge >= 0.3 is 0 Å². The molecule has 0 atom stereocenters. The van der Waals surface area contributed by atoms with E-state index in [4.69, 9.17) is 4.74 Å². The number of ether oxygens (including phenoxy) is 1. The number of amides is 1. The summed E-state index contributed by atoms with van der Waals surface area (Å²) in [7, 11) is 0. The summed E-state index contributed by atoms with van der Waals surface area (Å²) in [5.41, 5.74) is 2.57. The lowest BCUT2D eigenvalue weighted by atomic mass is 10.1. The number of aromatic nitrogens is 1. The Kier molecular flexibility index (Phi) is 5.23. The zero-order valence-electron chi connectivity index (χ0n) is 13.4. The van der Waals surface area contributed by atoms with E-state index < -0.39 is 0 Å². The van der Waals surface area contributed by atoms with E-state index in [-0.39, 0.29) is 5.91 Å². The second-order valence-electron chi connectivity index (χ2n) is 5.17. The molecule has 24 heavy (non-hydrogen) atoms. The van der Waals surface area contributed by atoms with Crippen molar-refractivity contribution in [3.05, 3.63) is 71.4 Å². The minimum Gasteiger partial charge on any atom is -0.493 e. The molecule has 1 amide bonds. The molecule has 3 rings (SSSR count). The van der Waals surface area contributed by atoms with Crippen molar-refractivity contribution in [1.29, 1.82) is 0 Å². The molecule has 0 radical (unpaired) electrons. The van der Waals surface area contributed by atoms with E-state index in [9.17, 15) is 4.79 Å². The van der Waals surface area contributed by atoms with Crippen molar-refractivity contribution in [3.63, 3.8) is 0 Å². The fourth-order valence-corrected chi connectivity index (χ4v) is 3.08. The lowest BCUT2D eigenvalue weighted by Gasteiger charge is -2.10. The van der Waals surface area contributed by atoms with Crippen LogP contribution in [-0.4, -0.2) is 17.5 Å². The maximum absolute atomic E-state index is 12.4. The van der Waals surface area contributed by atoms with Crippen LogP contribution in [0.25, 0.3) is 10.4 Å². The monoisotopic (exact) mass is 338 g/mol. The maximum Gasteiger partial charge on any atom is 0.255 e. The third kappa shape index (κ3) is 3.81. The molecule has 3 aromatic rings. The fraction of sp³-hybridized carbons (Fsp3) is 0.158. The highest BCUT2D eigenvalue weighted by atomic mass is 32.1. The first-order chi connectivity index (χ1) is 11.8. The van der Waals surface area contributed by atoms with Crippen molar-refractivity contribution >= 4 is 17.2 Å². The highest BCUT2D eigenvalue weighted by Gasteiger charge is 2.11. The smallest absolute Gasteiger partial charge is 0.255 e. The zero-order valence-corrected chi connectivity index (χ0v) is 14.2. The number of thiophene rings is 1. The van der Waals surface area contributed by atoms with E-state index in [0.717, 1.165) is 16.0 Å². The summed E-state index contributed by atoms with van der Waals surface area (Å²) in [6.07, 6.45) is 3.60. The molecule has 1 N–H and O–H groups in total. The Morgan fingerprint density at radius 3 is 2.88 bits per heavy atom. The number of hydrogen-bond donors (Lipinski definition) is 1. The van der Waals surface area contributed by atoms with Crippen molar-refractivity contribution in [2.24, 2.45) is 0 Å². The Balaban J connectivity index is 1.70. The van der Waals surface area contributed by atoms with E-state index in [1.54, 1.807) is 29.7 Å². The average Bonchev–Trinajstić information content (AvgIpc) is 3.15. The summed E-state index contributed by atoms with van der Waals surface area (Å²) in [6, 6.07) is 13.4. The molecule has 0 unspecified atom stereocenters. The Hall–Kier alpha value is -2.66. The molecule has 0 aliphatic carbocycles. The first-order valence-electron chi connectivity index (χ1n) is 7.75. The summed E-state index contributed by atoms with van der Waals surface area (Å²) in [5.74, 6) is 0.448. The van der Waals surface area contributed by atoms with Gasteiger partial charge in [-0.2, -0.15) is 0 Å². The van der Waals surface area contributed by atoms with Gasteiger partial charge in [0.1, 0.15) is 5.75 Å². The number of rotatable bonds is 6. The van der Waals surface area contributed by atoms with Gasteiger partial charge in [0.25, 0.3) is 5.91 Å². The van der Waals surface area contributed by atoms with Gasteiger partial charge in [-0.25, -0.2) is 0 Å². The van der Waals surface area contributed by atoms with Crippen molar-refractivity contribution in [2.75, 3.05) is 6.61 Å². The van der Waals surface area contributed by atoms with Gasteiger partial charge in [0.05, 0.1) is 12.2 Å². The van der Waals surface area contributed by atoms with E-state index in [1.165, 1.54) is 0 Å². The second kappa shape index (κ2) is 7.75. The molecule has 0 saturated carbocycles. The predicted octanol–water partition coefficient (Wildman–Crippen LogP) is 4.14. The standard InChI is InChI=1S/C19H18N2O2S/c1-2-23-17-7-4-3-6-16(17)19(22)21-12-14-10-15(13-20-11-14)18-8-5-9-24-18/h3-11,13H,2,12H2,1H3,(H,21,22). The lowest BCUT2D eigenvalue weighted by Crippen LogP contribution is -2.23. The van der Waals surface area contributed by atoms with Crippen molar-refractivity contribution in [3.8, 4) is 16.2 Å². The van der Waals surface area contributed by atoms with Gasteiger partial charge in [0.2, 0.25) is 0 Å². The number of benzene rings is 1. The molecule has 0 fully saturated rings. The maximum atomic E-state index is 12.4. The van der Waals surface area contributed by atoms with E-state index >= 15 is 0 Å². The number of hydrogen-bond acceptors (Lipinski definition) is 4.